The van der Waals surface area contributed by atoms with Crippen molar-refractivity contribution < 1.29 is 8.42 Å². The fourth-order valence-electron chi connectivity index (χ4n) is 2.13. The summed E-state index contributed by atoms with van der Waals surface area (Å²) in [6.07, 6.45) is 1.53. The first-order valence-electron chi connectivity index (χ1n) is 6.38. The van der Waals surface area contributed by atoms with Crippen LogP contribution in [0.1, 0.15) is 5.82 Å². The zero-order valence-electron chi connectivity index (χ0n) is 11.4. The molecule has 0 saturated carbocycles. The van der Waals surface area contributed by atoms with Crippen LogP contribution in [0.15, 0.2) is 53.7 Å². The van der Waals surface area contributed by atoms with Crippen molar-refractivity contribution in [1.82, 2.24) is 19.5 Å². The Morgan fingerprint density at radius 3 is 2.67 bits per heavy atom. The van der Waals surface area contributed by atoms with E-state index in [1.54, 1.807) is 29.8 Å². The third-order valence-corrected chi connectivity index (χ3v) is 4.72. The first-order chi connectivity index (χ1) is 10.1. The van der Waals surface area contributed by atoms with E-state index in [0.29, 0.717) is 11.2 Å². The highest BCUT2D eigenvalue weighted by Gasteiger charge is 2.17. The molecule has 21 heavy (non-hydrogen) atoms. The molecule has 0 atom stereocenters. The van der Waals surface area contributed by atoms with Crippen molar-refractivity contribution in [3.05, 3.63) is 54.6 Å². The summed E-state index contributed by atoms with van der Waals surface area (Å²) in [6.45, 7) is 0.0993. The fraction of sp³-hybridized carbons (Fsp3) is 0.143. The molecule has 0 fully saturated rings. The Hall–Kier alpha value is -2.25. The topological polar surface area (TPSA) is 76.9 Å². The fourth-order valence-corrected chi connectivity index (χ4v) is 3.34. The van der Waals surface area contributed by atoms with Crippen LogP contribution in [-0.2, 0) is 23.6 Å². The van der Waals surface area contributed by atoms with Gasteiger partial charge in [-0.15, -0.1) is 10.2 Å². The molecule has 1 aromatic heterocycles. The van der Waals surface area contributed by atoms with Crippen LogP contribution in [0.3, 0.4) is 0 Å². The van der Waals surface area contributed by atoms with E-state index in [-0.39, 0.29) is 11.4 Å². The second-order valence-electron chi connectivity index (χ2n) is 4.66. The number of nitrogens with one attached hydrogen (secondary N) is 1. The highest BCUT2D eigenvalue weighted by Crippen LogP contribution is 2.22. The number of benzene rings is 2. The minimum atomic E-state index is -3.61. The van der Waals surface area contributed by atoms with Gasteiger partial charge in [0.25, 0.3) is 0 Å². The SMILES string of the molecule is Cn1cnnc1CNS(=O)(=O)c1cccc2ccccc12. The number of aryl methyl sites for hydroxylation is 1. The minimum absolute atomic E-state index is 0.0993. The summed E-state index contributed by atoms with van der Waals surface area (Å²) < 4.78 is 29.2. The number of fused-ring (bicyclic) bond motifs is 1. The van der Waals surface area contributed by atoms with E-state index in [1.807, 2.05) is 24.3 Å². The molecule has 0 saturated heterocycles. The van der Waals surface area contributed by atoms with Gasteiger partial charge in [0.05, 0.1) is 11.4 Å². The minimum Gasteiger partial charge on any atom is -0.320 e. The Morgan fingerprint density at radius 1 is 1.14 bits per heavy atom. The van der Waals surface area contributed by atoms with Crippen molar-refractivity contribution in [2.75, 3.05) is 0 Å². The Morgan fingerprint density at radius 2 is 1.90 bits per heavy atom. The molecular weight excluding hydrogens is 288 g/mol. The molecule has 2 aromatic carbocycles. The van der Waals surface area contributed by atoms with E-state index in [1.165, 1.54) is 6.33 Å². The van der Waals surface area contributed by atoms with E-state index >= 15 is 0 Å². The summed E-state index contributed by atoms with van der Waals surface area (Å²) in [4.78, 5) is 0.266. The van der Waals surface area contributed by atoms with E-state index in [4.69, 9.17) is 0 Å². The molecule has 0 aliphatic rings. The molecular formula is C14H14N4O2S. The lowest BCUT2D eigenvalue weighted by Gasteiger charge is -2.09. The van der Waals surface area contributed by atoms with Crippen LogP contribution in [0.5, 0.6) is 0 Å². The largest absolute Gasteiger partial charge is 0.320 e. The first kappa shape index (κ1) is 13.7. The Bertz CT molecular complexity index is 881. The number of hydrogen-bond acceptors (Lipinski definition) is 4. The van der Waals surface area contributed by atoms with E-state index in [2.05, 4.69) is 14.9 Å². The summed E-state index contributed by atoms with van der Waals surface area (Å²) >= 11 is 0. The quantitative estimate of drug-likeness (QED) is 0.791. The van der Waals surface area contributed by atoms with E-state index < -0.39 is 10.0 Å². The monoisotopic (exact) mass is 302 g/mol. The molecule has 108 valence electrons. The number of rotatable bonds is 4. The predicted octanol–water partition coefficient (Wildman–Crippen LogP) is 1.45. The Balaban J connectivity index is 1.95. The Labute approximate surface area is 122 Å². The molecule has 7 heteroatoms. The highest BCUT2D eigenvalue weighted by atomic mass is 32.2. The standard InChI is InChI=1S/C14H14N4O2S/c1-18-10-15-17-14(18)9-16-21(19,20)13-8-4-6-11-5-2-3-7-12(11)13/h2-8,10,16H,9H2,1H3. The maximum atomic E-state index is 12.5. The summed E-state index contributed by atoms with van der Waals surface area (Å²) in [5, 5.41) is 9.17. The molecule has 6 nitrogen and oxygen atoms in total. The van der Waals surface area contributed by atoms with Gasteiger partial charge in [-0.3, -0.25) is 0 Å². The molecule has 0 aliphatic heterocycles. The summed E-state index contributed by atoms with van der Waals surface area (Å²) in [5.74, 6) is 0.554. The van der Waals surface area contributed by atoms with Gasteiger partial charge >= 0.3 is 0 Å². The molecule has 1 N–H and O–H groups in total. The van der Waals surface area contributed by atoms with Crippen LogP contribution in [0, 0.1) is 0 Å². The van der Waals surface area contributed by atoms with Gasteiger partial charge in [0, 0.05) is 12.4 Å². The number of sulfonamides is 1. The van der Waals surface area contributed by atoms with Crippen LogP contribution in [0.2, 0.25) is 0 Å². The third-order valence-electron chi connectivity index (χ3n) is 3.26. The normalized spacial score (nSPS) is 11.9. The smallest absolute Gasteiger partial charge is 0.241 e. The average molecular weight is 302 g/mol. The summed E-state index contributed by atoms with van der Waals surface area (Å²) in [7, 11) is -1.85. The molecule has 0 aliphatic carbocycles. The van der Waals surface area contributed by atoms with E-state index in [9.17, 15) is 8.42 Å². The van der Waals surface area contributed by atoms with Crippen molar-refractivity contribution in [1.29, 1.82) is 0 Å². The van der Waals surface area contributed by atoms with E-state index in [0.717, 1.165) is 5.39 Å². The first-order valence-corrected chi connectivity index (χ1v) is 7.86. The van der Waals surface area contributed by atoms with Gasteiger partial charge in [0.1, 0.15) is 12.2 Å². The van der Waals surface area contributed by atoms with Crippen LogP contribution < -0.4 is 4.72 Å². The molecule has 3 aromatic rings. The Kier molecular flexibility index (Phi) is 3.44. The van der Waals surface area contributed by atoms with Crippen LogP contribution in [-0.4, -0.2) is 23.2 Å². The van der Waals surface area contributed by atoms with Crippen molar-refractivity contribution in [3.8, 4) is 0 Å². The maximum Gasteiger partial charge on any atom is 0.241 e. The van der Waals surface area contributed by atoms with Crippen LogP contribution in [0.4, 0.5) is 0 Å². The number of hydrogen-bond donors (Lipinski definition) is 1. The number of aromatic nitrogens is 3. The molecule has 3 rings (SSSR count). The molecule has 1 heterocycles. The van der Waals surface area contributed by atoms with Gasteiger partial charge in [0.2, 0.25) is 10.0 Å². The van der Waals surface area contributed by atoms with Crippen LogP contribution in [0.25, 0.3) is 10.8 Å². The lowest BCUT2D eigenvalue weighted by Crippen LogP contribution is -2.25. The van der Waals surface area contributed by atoms with Gasteiger partial charge in [-0.05, 0) is 11.5 Å². The van der Waals surface area contributed by atoms with Crippen molar-refractivity contribution in [2.24, 2.45) is 7.05 Å². The van der Waals surface area contributed by atoms with Gasteiger partial charge in [-0.1, -0.05) is 36.4 Å². The number of nitrogens with zero attached hydrogens (tertiary/aromatic N) is 3. The predicted molar refractivity (Wildman–Crippen MR) is 79.0 cm³/mol. The van der Waals surface area contributed by atoms with Gasteiger partial charge in [0.15, 0.2) is 0 Å². The highest BCUT2D eigenvalue weighted by molar-refractivity contribution is 7.89. The van der Waals surface area contributed by atoms with Crippen molar-refractivity contribution >= 4 is 20.8 Å². The second kappa shape index (κ2) is 5.27. The zero-order valence-corrected chi connectivity index (χ0v) is 12.2. The third kappa shape index (κ3) is 2.65. The van der Waals surface area contributed by atoms with Crippen LogP contribution >= 0.6 is 0 Å². The van der Waals surface area contributed by atoms with Crippen molar-refractivity contribution in [2.45, 2.75) is 11.4 Å². The van der Waals surface area contributed by atoms with Gasteiger partial charge < -0.3 is 4.57 Å². The zero-order chi connectivity index (χ0) is 14.9. The summed E-state index contributed by atoms with van der Waals surface area (Å²) in [6, 6.07) is 12.6. The maximum absolute atomic E-state index is 12.5. The lowest BCUT2D eigenvalue weighted by molar-refractivity contribution is 0.578. The second-order valence-corrected chi connectivity index (χ2v) is 6.40. The molecule has 0 amide bonds. The summed E-state index contributed by atoms with van der Waals surface area (Å²) in [5.41, 5.74) is 0. The average Bonchev–Trinajstić information content (AvgIpc) is 2.90. The van der Waals surface area contributed by atoms with Gasteiger partial charge in [-0.2, -0.15) is 0 Å². The molecule has 0 unspecified atom stereocenters. The lowest BCUT2D eigenvalue weighted by atomic mass is 10.1. The molecule has 0 radical (unpaired) electrons. The van der Waals surface area contributed by atoms with Gasteiger partial charge in [-0.25, -0.2) is 13.1 Å². The molecule has 0 bridgehead atoms. The van der Waals surface area contributed by atoms with Crippen molar-refractivity contribution in [3.63, 3.8) is 0 Å². The molecule has 0 spiro atoms.